The molecule has 4 N–H and O–H groups in total. The van der Waals surface area contributed by atoms with Crippen LogP contribution in [0.2, 0.25) is 0 Å². The van der Waals surface area contributed by atoms with Crippen molar-refractivity contribution < 1.29 is 23.5 Å². The van der Waals surface area contributed by atoms with Crippen LogP contribution >= 0.6 is 0 Å². The molecule has 0 aromatic heterocycles. The maximum Gasteiger partial charge on any atom is 0.307 e. The zero-order valence-electron chi connectivity index (χ0n) is 12.4. The van der Waals surface area contributed by atoms with E-state index < -0.39 is 23.4 Å². The van der Waals surface area contributed by atoms with Gasteiger partial charge < -0.3 is 16.2 Å². The fraction of sp³-hybridized carbons (Fsp3) is 0.0588. The number of anilines is 1. The molecule has 2 aromatic carbocycles. The predicted octanol–water partition coefficient (Wildman–Crippen LogP) is 2.69. The number of hydrogen-bond donors (Lipinski definition) is 3. The summed E-state index contributed by atoms with van der Waals surface area (Å²) in [6.45, 7) is 0. The van der Waals surface area contributed by atoms with Crippen molar-refractivity contribution in [2.24, 2.45) is 5.73 Å². The summed E-state index contributed by atoms with van der Waals surface area (Å²) in [4.78, 5) is 22.5. The molecule has 0 spiro atoms. The third kappa shape index (κ3) is 4.64. The Morgan fingerprint density at radius 1 is 1.12 bits per heavy atom. The Bertz CT molecular complexity index is 802. The van der Waals surface area contributed by atoms with Crippen molar-refractivity contribution in [1.29, 1.82) is 0 Å². The molecular weight excluding hydrogens is 318 g/mol. The number of benzene rings is 2. The summed E-state index contributed by atoms with van der Waals surface area (Å²) in [5.41, 5.74) is 6.53. The van der Waals surface area contributed by atoms with Crippen molar-refractivity contribution in [1.82, 2.24) is 0 Å². The number of aliphatic carboxylic acids is 1. The van der Waals surface area contributed by atoms with Gasteiger partial charge in [0.25, 0.3) is 0 Å². The molecule has 0 aliphatic rings. The summed E-state index contributed by atoms with van der Waals surface area (Å²) < 4.78 is 26.4. The first kappa shape index (κ1) is 17.1. The van der Waals surface area contributed by atoms with Crippen molar-refractivity contribution in [3.8, 4) is 0 Å². The topological polar surface area (TPSA) is 92.4 Å². The van der Waals surface area contributed by atoms with Gasteiger partial charge in [0.15, 0.2) is 5.78 Å². The number of hydrogen-bond acceptors (Lipinski definition) is 4. The molecule has 0 aliphatic carbocycles. The Morgan fingerprint density at radius 2 is 1.79 bits per heavy atom. The molecule has 2 rings (SSSR count). The molecule has 0 fully saturated rings. The largest absolute Gasteiger partial charge is 0.481 e. The minimum atomic E-state index is -0.970. The minimum Gasteiger partial charge on any atom is -0.481 e. The minimum absolute atomic E-state index is 0.0327. The molecular formula is C17H14F2N2O3. The smallest absolute Gasteiger partial charge is 0.307 e. The van der Waals surface area contributed by atoms with E-state index in [4.69, 9.17) is 10.8 Å². The van der Waals surface area contributed by atoms with Crippen LogP contribution < -0.4 is 11.1 Å². The number of nitrogens with two attached hydrogens (primary N) is 1. The number of carboxylic acid groups (broad SMARTS) is 1. The predicted molar refractivity (Wildman–Crippen MR) is 84.4 cm³/mol. The van der Waals surface area contributed by atoms with E-state index in [1.165, 1.54) is 0 Å². The highest BCUT2D eigenvalue weighted by molar-refractivity contribution is 6.05. The number of carbonyl (C=O) groups excluding carboxylic acids is 1. The molecule has 7 heteroatoms. The van der Waals surface area contributed by atoms with Gasteiger partial charge in [0.2, 0.25) is 0 Å². The van der Waals surface area contributed by atoms with Crippen LogP contribution in [-0.2, 0) is 11.2 Å². The fourth-order valence-corrected chi connectivity index (χ4v) is 1.99. The van der Waals surface area contributed by atoms with E-state index in [0.29, 0.717) is 17.3 Å². The third-order valence-electron chi connectivity index (χ3n) is 3.08. The van der Waals surface area contributed by atoms with Crippen molar-refractivity contribution >= 4 is 17.4 Å². The van der Waals surface area contributed by atoms with Gasteiger partial charge in [-0.05, 0) is 29.8 Å². The molecule has 5 nitrogen and oxygen atoms in total. The van der Waals surface area contributed by atoms with Gasteiger partial charge in [-0.25, -0.2) is 8.78 Å². The van der Waals surface area contributed by atoms with E-state index in [-0.39, 0.29) is 17.8 Å². The molecule has 24 heavy (non-hydrogen) atoms. The summed E-state index contributed by atoms with van der Waals surface area (Å²) in [5.74, 6) is -3.43. The van der Waals surface area contributed by atoms with Crippen LogP contribution in [0.15, 0.2) is 54.4 Å². The number of carbonyl (C=O) groups is 2. The number of ketones is 1. The molecule has 0 bridgehead atoms. The first-order valence-electron chi connectivity index (χ1n) is 6.89. The average molecular weight is 332 g/mol. The molecule has 0 aliphatic heterocycles. The SMILES string of the molecule is N/C(=C\C(=O)c1ccc(F)cc1F)Nc1ccc(CC(=O)O)cc1. The Balaban J connectivity index is 2.08. The maximum atomic E-state index is 13.5. The van der Waals surface area contributed by atoms with Gasteiger partial charge in [-0.2, -0.15) is 0 Å². The molecule has 0 amide bonds. The second-order valence-corrected chi connectivity index (χ2v) is 4.98. The Morgan fingerprint density at radius 3 is 2.38 bits per heavy atom. The van der Waals surface area contributed by atoms with E-state index in [9.17, 15) is 18.4 Å². The lowest BCUT2D eigenvalue weighted by atomic mass is 10.1. The third-order valence-corrected chi connectivity index (χ3v) is 3.08. The highest BCUT2D eigenvalue weighted by atomic mass is 19.1. The molecule has 0 saturated carbocycles. The summed E-state index contributed by atoms with van der Waals surface area (Å²) in [6.07, 6.45) is 0.884. The van der Waals surface area contributed by atoms with Crippen LogP contribution in [0.1, 0.15) is 15.9 Å². The Kier molecular flexibility index (Phi) is 5.26. The summed E-state index contributed by atoms with van der Waals surface area (Å²) in [7, 11) is 0. The normalized spacial score (nSPS) is 11.2. The number of allylic oxidation sites excluding steroid dienone is 1. The summed E-state index contributed by atoms with van der Waals surface area (Å²) >= 11 is 0. The van der Waals surface area contributed by atoms with Gasteiger partial charge in [-0.15, -0.1) is 0 Å². The molecule has 0 radical (unpaired) electrons. The molecule has 2 aromatic rings. The monoisotopic (exact) mass is 332 g/mol. The standard InChI is InChI=1S/C17H14F2N2O3/c18-11-3-6-13(14(19)8-11)15(22)9-16(20)21-12-4-1-10(2-5-12)7-17(23)24/h1-6,8-9,21H,7,20H2,(H,23,24)/b16-9+. The second kappa shape index (κ2) is 7.36. The van der Waals surface area contributed by atoms with E-state index in [1.54, 1.807) is 24.3 Å². The first-order chi connectivity index (χ1) is 11.3. The van der Waals surface area contributed by atoms with E-state index >= 15 is 0 Å². The van der Waals surface area contributed by atoms with Gasteiger partial charge >= 0.3 is 5.97 Å². The lowest BCUT2D eigenvalue weighted by Crippen LogP contribution is -2.12. The maximum absolute atomic E-state index is 13.5. The number of nitrogens with one attached hydrogen (secondary N) is 1. The lowest BCUT2D eigenvalue weighted by Gasteiger charge is -2.07. The number of carboxylic acids is 1. The lowest BCUT2D eigenvalue weighted by molar-refractivity contribution is -0.136. The van der Waals surface area contributed by atoms with Crippen LogP contribution in [-0.4, -0.2) is 16.9 Å². The van der Waals surface area contributed by atoms with Crippen LogP contribution in [0.4, 0.5) is 14.5 Å². The van der Waals surface area contributed by atoms with E-state index in [1.807, 2.05) is 0 Å². The van der Waals surface area contributed by atoms with Gasteiger partial charge in [-0.3, -0.25) is 9.59 Å². The van der Waals surface area contributed by atoms with Crippen molar-refractivity contribution in [3.05, 3.63) is 77.1 Å². The van der Waals surface area contributed by atoms with Crippen molar-refractivity contribution in [3.63, 3.8) is 0 Å². The molecule has 0 heterocycles. The number of rotatable bonds is 6. The van der Waals surface area contributed by atoms with Crippen LogP contribution in [0, 0.1) is 11.6 Å². The quantitative estimate of drug-likeness (QED) is 0.559. The van der Waals surface area contributed by atoms with Crippen LogP contribution in [0.3, 0.4) is 0 Å². The Hall–Kier alpha value is -3.22. The van der Waals surface area contributed by atoms with E-state index in [0.717, 1.165) is 18.2 Å². The molecule has 0 atom stereocenters. The first-order valence-corrected chi connectivity index (χ1v) is 6.89. The molecule has 0 saturated heterocycles. The van der Waals surface area contributed by atoms with E-state index in [2.05, 4.69) is 5.32 Å². The molecule has 0 unspecified atom stereocenters. The van der Waals surface area contributed by atoms with Gasteiger partial charge in [0.1, 0.15) is 17.5 Å². The van der Waals surface area contributed by atoms with Gasteiger partial charge in [0, 0.05) is 17.8 Å². The average Bonchev–Trinajstić information content (AvgIpc) is 2.48. The fourth-order valence-electron chi connectivity index (χ4n) is 1.99. The zero-order chi connectivity index (χ0) is 17.7. The van der Waals surface area contributed by atoms with Crippen LogP contribution in [0.5, 0.6) is 0 Å². The van der Waals surface area contributed by atoms with Crippen molar-refractivity contribution in [2.45, 2.75) is 6.42 Å². The highest BCUT2D eigenvalue weighted by Crippen LogP contribution is 2.13. The van der Waals surface area contributed by atoms with Crippen molar-refractivity contribution in [2.75, 3.05) is 5.32 Å². The number of halogens is 2. The zero-order valence-corrected chi connectivity index (χ0v) is 12.4. The van der Waals surface area contributed by atoms with Gasteiger partial charge in [0.05, 0.1) is 12.0 Å². The second-order valence-electron chi connectivity index (χ2n) is 4.98. The molecule has 124 valence electrons. The summed E-state index contributed by atoms with van der Waals surface area (Å²) in [5, 5.41) is 11.4. The van der Waals surface area contributed by atoms with Crippen LogP contribution in [0.25, 0.3) is 0 Å². The summed E-state index contributed by atoms with van der Waals surface area (Å²) in [6, 6.07) is 9.04. The highest BCUT2D eigenvalue weighted by Gasteiger charge is 2.11. The van der Waals surface area contributed by atoms with Gasteiger partial charge in [-0.1, -0.05) is 12.1 Å². The Labute approximate surface area is 136 Å².